The van der Waals surface area contributed by atoms with Gasteiger partial charge in [0.25, 0.3) is 0 Å². The fourth-order valence-corrected chi connectivity index (χ4v) is 4.06. The number of aliphatic carboxylic acids is 3. The van der Waals surface area contributed by atoms with Gasteiger partial charge in [-0.2, -0.15) is 0 Å². The fourth-order valence-electron chi connectivity index (χ4n) is 4.06. The van der Waals surface area contributed by atoms with Crippen molar-refractivity contribution in [3.05, 3.63) is 12.2 Å². The summed E-state index contributed by atoms with van der Waals surface area (Å²) in [6.07, 6.45) is 13.6. The van der Waals surface area contributed by atoms with Gasteiger partial charge >= 0.3 is 17.9 Å². The maximum Gasteiger partial charge on any atom is 0.311 e. The van der Waals surface area contributed by atoms with Crippen LogP contribution >= 0.6 is 0 Å². The summed E-state index contributed by atoms with van der Waals surface area (Å²) in [6, 6.07) is 0. The molecule has 3 N–H and O–H groups in total. The van der Waals surface area contributed by atoms with Gasteiger partial charge in [-0.3, -0.25) is 14.4 Å². The van der Waals surface area contributed by atoms with Crippen LogP contribution in [-0.4, -0.2) is 63.9 Å². The van der Waals surface area contributed by atoms with E-state index in [2.05, 4.69) is 13.0 Å². The standard InChI is InChI=1S/C24H43NO6/c1-5-6-7-8-9-10-11-12-13-14-15-25(16-19(2)22(26)27,17-20(3)23(28)29)18-21(4)24(30)31/h13-14,19-21H,5-12,15-18H2,1-4H3,(H2-,26,27,28,29,30,31)/p+1/b14-13+. The number of nitrogens with zero attached hydrogens (tertiary/aromatic N) is 1. The van der Waals surface area contributed by atoms with Crippen LogP contribution in [0.1, 0.15) is 79.1 Å². The van der Waals surface area contributed by atoms with E-state index in [1.807, 2.05) is 6.08 Å². The summed E-state index contributed by atoms with van der Waals surface area (Å²) < 4.78 is 0.141. The van der Waals surface area contributed by atoms with Crippen molar-refractivity contribution in [1.29, 1.82) is 0 Å². The van der Waals surface area contributed by atoms with Gasteiger partial charge in [-0.15, -0.1) is 0 Å². The Morgan fingerprint density at radius 1 is 0.677 bits per heavy atom. The van der Waals surface area contributed by atoms with Gasteiger partial charge in [0, 0.05) is 0 Å². The number of unbranched alkanes of at least 4 members (excludes halogenated alkanes) is 7. The highest BCUT2D eigenvalue weighted by Crippen LogP contribution is 2.20. The van der Waals surface area contributed by atoms with Crippen LogP contribution in [0.2, 0.25) is 0 Å². The molecule has 0 spiro atoms. The van der Waals surface area contributed by atoms with Gasteiger partial charge in [-0.1, -0.05) is 51.5 Å². The van der Waals surface area contributed by atoms with E-state index in [-0.39, 0.29) is 24.1 Å². The summed E-state index contributed by atoms with van der Waals surface area (Å²) in [6.45, 7) is 8.01. The van der Waals surface area contributed by atoms with Crippen LogP contribution in [0.15, 0.2) is 12.2 Å². The molecule has 180 valence electrons. The number of carboxylic acids is 3. The predicted octanol–water partition coefficient (Wildman–Crippen LogP) is 4.66. The lowest BCUT2D eigenvalue weighted by molar-refractivity contribution is -0.928. The highest BCUT2D eigenvalue weighted by atomic mass is 16.4. The van der Waals surface area contributed by atoms with Gasteiger partial charge in [0.1, 0.15) is 17.8 Å². The molecule has 7 heteroatoms. The molecule has 0 aliphatic carbocycles. The quantitative estimate of drug-likeness (QED) is 0.152. The molecule has 0 heterocycles. The third-order valence-corrected chi connectivity index (χ3v) is 5.88. The Kier molecular flexibility index (Phi) is 14.9. The van der Waals surface area contributed by atoms with Crippen LogP contribution in [0, 0.1) is 17.8 Å². The number of hydrogen-bond acceptors (Lipinski definition) is 3. The summed E-state index contributed by atoms with van der Waals surface area (Å²) in [5, 5.41) is 28.3. The second kappa shape index (κ2) is 15.8. The summed E-state index contributed by atoms with van der Waals surface area (Å²) in [5.41, 5.74) is 0. The maximum absolute atomic E-state index is 11.5. The van der Waals surface area contributed by atoms with Crippen molar-refractivity contribution in [2.75, 3.05) is 26.2 Å². The van der Waals surface area contributed by atoms with Crippen molar-refractivity contribution in [3.8, 4) is 0 Å². The molecule has 0 aliphatic rings. The molecule has 3 unspecified atom stereocenters. The molecular weight excluding hydrogens is 398 g/mol. The second-order valence-corrected chi connectivity index (χ2v) is 9.17. The normalized spacial score (nSPS) is 16.5. The van der Waals surface area contributed by atoms with E-state index < -0.39 is 35.7 Å². The molecular formula is C24H44NO6+. The summed E-state index contributed by atoms with van der Waals surface area (Å²) in [5.74, 6) is -4.96. The molecule has 0 fully saturated rings. The third-order valence-electron chi connectivity index (χ3n) is 5.88. The van der Waals surface area contributed by atoms with E-state index >= 15 is 0 Å². The minimum Gasteiger partial charge on any atom is -0.481 e. The maximum atomic E-state index is 11.5. The third kappa shape index (κ3) is 13.2. The van der Waals surface area contributed by atoms with E-state index in [0.717, 1.165) is 12.8 Å². The van der Waals surface area contributed by atoms with E-state index in [4.69, 9.17) is 0 Å². The molecule has 0 aliphatic heterocycles. The minimum atomic E-state index is -0.958. The van der Waals surface area contributed by atoms with Crippen LogP contribution < -0.4 is 0 Å². The molecule has 0 radical (unpaired) electrons. The van der Waals surface area contributed by atoms with Gasteiger partial charge in [-0.05, 0) is 39.7 Å². The Morgan fingerprint density at radius 2 is 1.06 bits per heavy atom. The Bertz CT molecular complexity index is 519. The molecule has 0 bridgehead atoms. The van der Waals surface area contributed by atoms with E-state index in [1.165, 1.54) is 38.5 Å². The van der Waals surface area contributed by atoms with Crippen molar-refractivity contribution < 1.29 is 34.2 Å². The highest BCUT2D eigenvalue weighted by molar-refractivity contribution is 5.70. The largest absolute Gasteiger partial charge is 0.481 e. The molecule has 31 heavy (non-hydrogen) atoms. The Labute approximate surface area is 187 Å². The lowest BCUT2D eigenvalue weighted by atomic mass is 10.0. The molecule has 0 saturated carbocycles. The molecule has 3 atom stereocenters. The average Bonchev–Trinajstić information content (AvgIpc) is 2.68. The first-order chi connectivity index (χ1) is 14.5. The van der Waals surface area contributed by atoms with Crippen LogP contribution in [-0.2, 0) is 14.4 Å². The van der Waals surface area contributed by atoms with Crippen LogP contribution in [0.5, 0.6) is 0 Å². The molecule has 0 aromatic carbocycles. The first kappa shape index (κ1) is 29.1. The van der Waals surface area contributed by atoms with E-state index in [9.17, 15) is 29.7 Å². The number of carbonyl (C=O) groups is 3. The Hall–Kier alpha value is -1.89. The van der Waals surface area contributed by atoms with Crippen molar-refractivity contribution >= 4 is 17.9 Å². The monoisotopic (exact) mass is 442 g/mol. The number of carboxylic acid groups (broad SMARTS) is 3. The minimum absolute atomic E-state index is 0.141. The van der Waals surface area contributed by atoms with Crippen LogP contribution in [0.4, 0.5) is 0 Å². The SMILES string of the molecule is CCCCCCCCC/C=C/C[N+](CC(C)C(=O)O)(CC(C)C(=O)O)CC(C)C(=O)O. The van der Waals surface area contributed by atoms with E-state index in [0.29, 0.717) is 6.54 Å². The van der Waals surface area contributed by atoms with Gasteiger partial charge in [0.15, 0.2) is 0 Å². The molecule has 0 aromatic heterocycles. The molecule has 7 nitrogen and oxygen atoms in total. The predicted molar refractivity (Wildman–Crippen MR) is 122 cm³/mol. The fraction of sp³-hybridized carbons (Fsp3) is 0.792. The molecule has 0 saturated heterocycles. The first-order valence-corrected chi connectivity index (χ1v) is 11.7. The number of rotatable bonds is 19. The van der Waals surface area contributed by atoms with Crippen molar-refractivity contribution in [2.24, 2.45) is 17.8 Å². The lowest BCUT2D eigenvalue weighted by Crippen LogP contribution is -2.57. The summed E-state index contributed by atoms with van der Waals surface area (Å²) >= 11 is 0. The highest BCUT2D eigenvalue weighted by Gasteiger charge is 2.37. The first-order valence-electron chi connectivity index (χ1n) is 11.7. The molecule has 0 amide bonds. The van der Waals surface area contributed by atoms with Crippen LogP contribution in [0.25, 0.3) is 0 Å². The van der Waals surface area contributed by atoms with Crippen LogP contribution in [0.3, 0.4) is 0 Å². The zero-order valence-electron chi connectivity index (χ0n) is 19.9. The number of hydrogen-bond donors (Lipinski definition) is 3. The molecule has 0 aromatic rings. The van der Waals surface area contributed by atoms with Crippen molar-refractivity contribution in [1.82, 2.24) is 0 Å². The van der Waals surface area contributed by atoms with Crippen molar-refractivity contribution in [2.45, 2.75) is 79.1 Å². The number of quaternary nitrogens is 1. The van der Waals surface area contributed by atoms with Gasteiger partial charge < -0.3 is 19.8 Å². The lowest BCUT2D eigenvalue weighted by Gasteiger charge is -2.41. The average molecular weight is 443 g/mol. The summed E-state index contributed by atoms with van der Waals surface area (Å²) in [7, 11) is 0. The van der Waals surface area contributed by atoms with Gasteiger partial charge in [0.05, 0.1) is 26.2 Å². The topological polar surface area (TPSA) is 112 Å². The Balaban J connectivity index is 5.16. The molecule has 0 rings (SSSR count). The number of allylic oxidation sites excluding steroid dienone is 1. The van der Waals surface area contributed by atoms with Gasteiger partial charge in [0.2, 0.25) is 0 Å². The van der Waals surface area contributed by atoms with E-state index in [1.54, 1.807) is 20.8 Å². The summed E-state index contributed by atoms with van der Waals surface area (Å²) in [4.78, 5) is 34.5. The smallest absolute Gasteiger partial charge is 0.311 e. The second-order valence-electron chi connectivity index (χ2n) is 9.17. The van der Waals surface area contributed by atoms with Gasteiger partial charge in [-0.25, -0.2) is 0 Å². The zero-order valence-corrected chi connectivity index (χ0v) is 19.9. The van der Waals surface area contributed by atoms with Crippen molar-refractivity contribution in [3.63, 3.8) is 0 Å². The zero-order chi connectivity index (χ0) is 23.9. The Morgan fingerprint density at radius 3 is 1.45 bits per heavy atom.